The first kappa shape index (κ1) is 26.8. The number of benzene rings is 2. The first-order chi connectivity index (χ1) is 17.5. The van der Waals surface area contributed by atoms with Gasteiger partial charge in [-0.15, -0.1) is 0 Å². The molecule has 1 amide bonds. The molecular weight excluding hydrogens is 458 g/mol. The third-order valence-corrected chi connectivity index (χ3v) is 5.46. The lowest BCUT2D eigenvalue weighted by Crippen LogP contribution is -2.25. The Hall–Kier alpha value is -3.82. The number of ketones is 1. The van der Waals surface area contributed by atoms with Gasteiger partial charge in [-0.05, 0) is 36.7 Å². The number of aromatic amines is 1. The number of ether oxygens (including phenoxy) is 1. The number of amides is 1. The molecular formula is C27H33N5O4. The van der Waals surface area contributed by atoms with E-state index in [1.165, 1.54) is 6.92 Å². The van der Waals surface area contributed by atoms with Crippen LogP contribution in [0.4, 0.5) is 0 Å². The second-order valence-electron chi connectivity index (χ2n) is 8.41. The zero-order valence-corrected chi connectivity index (χ0v) is 20.5. The number of carbonyl (C=O) groups is 2. The van der Waals surface area contributed by atoms with Gasteiger partial charge in [0.25, 0.3) is 5.56 Å². The van der Waals surface area contributed by atoms with Crippen LogP contribution in [0.2, 0.25) is 0 Å². The number of nitrogens with one attached hydrogen (secondary N) is 3. The maximum Gasteiger partial charge on any atom is 0.280 e. The number of aromatic nitrogens is 2. The lowest BCUT2D eigenvalue weighted by atomic mass is 10.0. The highest BCUT2D eigenvalue weighted by Gasteiger charge is 2.13. The first-order valence-electron chi connectivity index (χ1n) is 12.0. The molecule has 2 aromatic carbocycles. The van der Waals surface area contributed by atoms with Crippen molar-refractivity contribution in [1.29, 1.82) is 0 Å². The van der Waals surface area contributed by atoms with Gasteiger partial charge in [0.1, 0.15) is 24.0 Å². The second-order valence-corrected chi connectivity index (χ2v) is 8.41. The molecule has 36 heavy (non-hydrogen) atoms. The van der Waals surface area contributed by atoms with Crippen LogP contribution < -0.4 is 26.7 Å². The van der Waals surface area contributed by atoms with Crippen molar-refractivity contribution >= 4 is 11.7 Å². The molecule has 0 saturated heterocycles. The summed E-state index contributed by atoms with van der Waals surface area (Å²) in [5.41, 5.74) is 8.18. The maximum absolute atomic E-state index is 12.7. The van der Waals surface area contributed by atoms with Gasteiger partial charge in [-0.2, -0.15) is 4.98 Å². The normalized spacial score (nSPS) is 10.7. The summed E-state index contributed by atoms with van der Waals surface area (Å²) in [5, 5.41) is 5.99. The van der Waals surface area contributed by atoms with Gasteiger partial charge in [0.05, 0.1) is 18.5 Å². The quantitative estimate of drug-likeness (QED) is 0.252. The number of nitrogens with zero attached hydrogens (tertiary/aromatic N) is 1. The van der Waals surface area contributed by atoms with Crippen LogP contribution in [0.1, 0.15) is 30.3 Å². The predicted octanol–water partition coefficient (Wildman–Crippen LogP) is 1.74. The number of Topliss-reactive ketones (excluding diaryl/α,β-unsaturated/α-hetero) is 1. The van der Waals surface area contributed by atoms with Crippen molar-refractivity contribution in [2.45, 2.75) is 32.7 Å². The molecule has 190 valence electrons. The average molecular weight is 492 g/mol. The molecule has 0 saturated carbocycles. The van der Waals surface area contributed by atoms with Crippen LogP contribution in [0.5, 0.6) is 5.75 Å². The minimum Gasteiger partial charge on any atom is -0.491 e. The van der Waals surface area contributed by atoms with Gasteiger partial charge >= 0.3 is 0 Å². The number of rotatable bonds is 14. The van der Waals surface area contributed by atoms with Gasteiger partial charge in [-0.25, -0.2) is 0 Å². The SMILES string of the molecule is CC(=O)NCCOc1ccccc1CC(=O)Cc1nc(=O)c(-c2ccc(CNCCCN)cc2)c[nH]1. The topological polar surface area (TPSA) is 139 Å². The van der Waals surface area contributed by atoms with E-state index in [1.807, 2.05) is 42.5 Å². The van der Waals surface area contributed by atoms with Crippen molar-refractivity contribution < 1.29 is 14.3 Å². The highest BCUT2D eigenvalue weighted by molar-refractivity contribution is 5.83. The smallest absolute Gasteiger partial charge is 0.280 e. The third-order valence-electron chi connectivity index (χ3n) is 5.46. The zero-order valence-electron chi connectivity index (χ0n) is 20.5. The molecule has 0 bridgehead atoms. The van der Waals surface area contributed by atoms with E-state index in [-0.39, 0.29) is 30.1 Å². The maximum atomic E-state index is 12.7. The van der Waals surface area contributed by atoms with Crippen molar-refractivity contribution in [2.75, 3.05) is 26.2 Å². The van der Waals surface area contributed by atoms with Crippen LogP contribution in [0.3, 0.4) is 0 Å². The number of carbonyl (C=O) groups excluding carboxylic acids is 2. The van der Waals surface area contributed by atoms with Gasteiger partial charge in [0, 0.05) is 31.6 Å². The van der Waals surface area contributed by atoms with Crippen LogP contribution >= 0.6 is 0 Å². The molecule has 9 heteroatoms. The highest BCUT2D eigenvalue weighted by Crippen LogP contribution is 2.19. The summed E-state index contributed by atoms with van der Waals surface area (Å²) < 4.78 is 5.71. The molecule has 1 aromatic heterocycles. The van der Waals surface area contributed by atoms with Crippen molar-refractivity contribution in [3.63, 3.8) is 0 Å². The summed E-state index contributed by atoms with van der Waals surface area (Å²) >= 11 is 0. The minimum atomic E-state index is -0.382. The molecule has 0 aliphatic rings. The van der Waals surface area contributed by atoms with Crippen molar-refractivity contribution in [2.24, 2.45) is 5.73 Å². The van der Waals surface area contributed by atoms with Gasteiger partial charge in [-0.3, -0.25) is 14.4 Å². The second kappa shape index (κ2) is 13.9. The Kier molecular flexibility index (Phi) is 10.3. The Balaban J connectivity index is 1.58. The molecule has 9 nitrogen and oxygen atoms in total. The molecule has 0 unspecified atom stereocenters. The van der Waals surface area contributed by atoms with Gasteiger partial charge in [-0.1, -0.05) is 42.5 Å². The monoisotopic (exact) mass is 491 g/mol. The standard InChI is InChI=1S/C27H33N5O4/c1-19(33)30-13-14-36-25-6-3-2-5-22(25)15-23(34)16-26-31-18-24(27(35)32-26)21-9-7-20(8-10-21)17-29-12-4-11-28/h2-3,5-10,18,29H,4,11-17,28H2,1H3,(H,30,33)(H,31,32,35). The van der Waals surface area contributed by atoms with Crippen molar-refractivity contribution in [3.05, 3.63) is 82.0 Å². The fourth-order valence-electron chi connectivity index (χ4n) is 3.63. The van der Waals surface area contributed by atoms with Crippen molar-refractivity contribution in [3.8, 4) is 16.9 Å². The van der Waals surface area contributed by atoms with E-state index < -0.39 is 0 Å². The van der Waals surface area contributed by atoms with Crippen LogP contribution in [0.25, 0.3) is 11.1 Å². The van der Waals surface area contributed by atoms with E-state index in [1.54, 1.807) is 12.3 Å². The summed E-state index contributed by atoms with van der Waals surface area (Å²) in [6.45, 7) is 4.37. The molecule has 0 aliphatic carbocycles. The van der Waals surface area contributed by atoms with Gasteiger partial charge < -0.3 is 26.1 Å². The number of H-pyrrole nitrogens is 1. The summed E-state index contributed by atoms with van der Waals surface area (Å²) in [6.07, 6.45) is 2.67. The molecule has 0 radical (unpaired) electrons. The van der Waals surface area contributed by atoms with E-state index in [2.05, 4.69) is 20.6 Å². The third kappa shape index (κ3) is 8.44. The Morgan fingerprint density at radius 2 is 1.83 bits per heavy atom. The van der Waals surface area contributed by atoms with E-state index in [0.717, 1.165) is 36.2 Å². The minimum absolute atomic E-state index is 0.00313. The van der Waals surface area contributed by atoms with E-state index in [9.17, 15) is 14.4 Å². The Morgan fingerprint density at radius 1 is 1.06 bits per heavy atom. The van der Waals surface area contributed by atoms with E-state index in [4.69, 9.17) is 10.5 Å². The largest absolute Gasteiger partial charge is 0.491 e. The summed E-state index contributed by atoms with van der Waals surface area (Å²) in [7, 11) is 0. The van der Waals surface area contributed by atoms with E-state index >= 15 is 0 Å². The van der Waals surface area contributed by atoms with Crippen LogP contribution in [0, 0.1) is 0 Å². The van der Waals surface area contributed by atoms with Crippen molar-refractivity contribution in [1.82, 2.24) is 20.6 Å². The first-order valence-corrected chi connectivity index (χ1v) is 12.0. The molecule has 0 atom stereocenters. The molecule has 5 N–H and O–H groups in total. The molecule has 0 fully saturated rings. The van der Waals surface area contributed by atoms with Gasteiger partial charge in [0.2, 0.25) is 5.91 Å². The van der Waals surface area contributed by atoms with Gasteiger partial charge in [0.15, 0.2) is 0 Å². The van der Waals surface area contributed by atoms with Crippen LogP contribution in [-0.2, 0) is 29.0 Å². The van der Waals surface area contributed by atoms with Crippen LogP contribution in [-0.4, -0.2) is 47.9 Å². The highest BCUT2D eigenvalue weighted by atomic mass is 16.5. The summed E-state index contributed by atoms with van der Waals surface area (Å²) in [4.78, 5) is 43.4. The predicted molar refractivity (Wildman–Crippen MR) is 139 cm³/mol. The number of para-hydroxylation sites is 1. The van der Waals surface area contributed by atoms with Crippen LogP contribution in [0.15, 0.2) is 59.5 Å². The Bertz CT molecular complexity index is 1210. The molecule has 1 heterocycles. The lowest BCUT2D eigenvalue weighted by molar-refractivity contribution is -0.119. The summed E-state index contributed by atoms with van der Waals surface area (Å²) in [6, 6.07) is 15.0. The zero-order chi connectivity index (χ0) is 25.8. The number of hydrogen-bond acceptors (Lipinski definition) is 7. The fourth-order valence-corrected chi connectivity index (χ4v) is 3.63. The lowest BCUT2D eigenvalue weighted by Gasteiger charge is -2.11. The number of nitrogens with two attached hydrogens (primary N) is 1. The number of hydrogen-bond donors (Lipinski definition) is 4. The molecule has 0 aliphatic heterocycles. The molecule has 3 rings (SSSR count). The van der Waals surface area contributed by atoms with E-state index in [0.29, 0.717) is 36.8 Å². The average Bonchev–Trinajstić information content (AvgIpc) is 2.86. The Morgan fingerprint density at radius 3 is 2.56 bits per heavy atom. The molecule has 0 spiro atoms. The Labute approximate surface area is 210 Å². The molecule has 3 aromatic rings. The fraction of sp³-hybridized carbons (Fsp3) is 0.333. The summed E-state index contributed by atoms with van der Waals surface area (Å²) in [5.74, 6) is 0.679.